The molecule has 0 atom stereocenters. The molecule has 0 aliphatic carbocycles. The zero-order valence-electron chi connectivity index (χ0n) is 19.5. The quantitative estimate of drug-likeness (QED) is 0.244. The molecule has 7 heteroatoms. The van der Waals surface area contributed by atoms with Crippen molar-refractivity contribution in [2.75, 3.05) is 0 Å². The van der Waals surface area contributed by atoms with Gasteiger partial charge in [-0.25, -0.2) is 0 Å². The van der Waals surface area contributed by atoms with Gasteiger partial charge in [0.25, 0.3) is 10.1 Å². The maximum Gasteiger partial charge on any atom is 1.00 e. The summed E-state index contributed by atoms with van der Waals surface area (Å²) in [6.45, 7) is 2.23. The molecule has 2 aromatic carbocycles. The normalized spacial score (nSPS) is 11.2. The Labute approximate surface area is 215 Å². The van der Waals surface area contributed by atoms with Crippen LogP contribution in [0, 0.1) is 0 Å². The maximum absolute atomic E-state index is 11.9. The van der Waals surface area contributed by atoms with E-state index >= 15 is 0 Å². The van der Waals surface area contributed by atoms with E-state index in [-0.39, 0.29) is 40.2 Å². The molecular weight excluding hydrogens is 435 g/mol. The first-order valence-corrected chi connectivity index (χ1v) is 12.9. The van der Waals surface area contributed by atoms with Crippen LogP contribution in [0.5, 0.6) is 17.2 Å². The van der Waals surface area contributed by atoms with Crippen molar-refractivity contribution in [2.45, 2.75) is 88.9 Å². The van der Waals surface area contributed by atoms with E-state index < -0.39 is 10.1 Å². The number of rotatable bonds is 15. The maximum atomic E-state index is 11.9. The molecule has 0 amide bonds. The molecule has 172 valence electrons. The van der Waals surface area contributed by atoms with Crippen molar-refractivity contribution in [3.8, 4) is 17.2 Å². The molecule has 0 heterocycles. The Morgan fingerprint density at radius 1 is 0.844 bits per heavy atom. The van der Waals surface area contributed by atoms with Crippen LogP contribution in [0.3, 0.4) is 0 Å². The standard InChI is InChI=1S/C25H36O5S.Na/c1-2-3-4-5-6-7-8-9-10-11-12-17-23-24(18-14-19-25(23)31(27,28)29)30-22-16-13-15-21(26)20-22;/h13-16,18-20,26H,2-12,17H2,1H3,(H,27,28,29);/q;+1/p-1. The molecule has 0 saturated heterocycles. The van der Waals surface area contributed by atoms with E-state index in [1.54, 1.807) is 18.2 Å². The van der Waals surface area contributed by atoms with Crippen molar-refractivity contribution in [3.63, 3.8) is 0 Å². The molecule has 0 bridgehead atoms. The second-order valence-electron chi connectivity index (χ2n) is 8.07. The van der Waals surface area contributed by atoms with Crippen LogP contribution in [0.1, 0.15) is 83.1 Å². The van der Waals surface area contributed by atoms with Crippen LogP contribution in [-0.2, 0) is 16.5 Å². The average molecular weight is 471 g/mol. The first-order valence-electron chi connectivity index (χ1n) is 11.5. The third kappa shape index (κ3) is 10.7. The van der Waals surface area contributed by atoms with E-state index in [0.717, 1.165) is 19.3 Å². The van der Waals surface area contributed by atoms with E-state index in [2.05, 4.69) is 6.92 Å². The largest absolute Gasteiger partial charge is 1.00 e. The predicted octanol–water partition coefficient (Wildman–Crippen LogP) is 3.66. The van der Waals surface area contributed by atoms with E-state index in [4.69, 9.17) is 4.74 Å². The Morgan fingerprint density at radius 3 is 1.97 bits per heavy atom. The van der Waals surface area contributed by atoms with Crippen LogP contribution < -0.4 is 39.4 Å². The third-order valence-corrected chi connectivity index (χ3v) is 6.37. The van der Waals surface area contributed by atoms with Crippen LogP contribution in [-0.4, -0.2) is 13.0 Å². The van der Waals surface area contributed by atoms with Crippen molar-refractivity contribution in [1.29, 1.82) is 0 Å². The molecule has 2 rings (SSSR count). The van der Waals surface area contributed by atoms with E-state index in [1.165, 1.54) is 75.6 Å². The average Bonchev–Trinajstić information content (AvgIpc) is 2.72. The number of hydrogen-bond donors (Lipinski definition) is 1. The van der Waals surface area contributed by atoms with Crippen LogP contribution in [0.15, 0.2) is 47.4 Å². The molecule has 0 aliphatic rings. The van der Waals surface area contributed by atoms with E-state index in [1.807, 2.05) is 0 Å². The van der Waals surface area contributed by atoms with Gasteiger partial charge < -0.3 is 9.84 Å². The molecule has 0 aromatic heterocycles. The van der Waals surface area contributed by atoms with E-state index in [0.29, 0.717) is 23.5 Å². The van der Waals surface area contributed by atoms with Crippen LogP contribution in [0.25, 0.3) is 0 Å². The SMILES string of the molecule is CCCCCCCCCCCCCc1c(Oc2cccc([O-])c2)cccc1S(=O)(=O)O.[Na+]. The van der Waals surface area contributed by atoms with Gasteiger partial charge in [0.15, 0.2) is 0 Å². The smallest absolute Gasteiger partial charge is 0.872 e. The summed E-state index contributed by atoms with van der Waals surface area (Å²) in [4.78, 5) is -0.129. The Hall–Kier alpha value is -1.05. The minimum absolute atomic E-state index is 0. The summed E-state index contributed by atoms with van der Waals surface area (Å²) in [5.74, 6) is 0.517. The molecule has 0 saturated carbocycles. The minimum atomic E-state index is -4.36. The Morgan fingerprint density at radius 2 is 1.41 bits per heavy atom. The minimum Gasteiger partial charge on any atom is -0.872 e. The summed E-state index contributed by atoms with van der Waals surface area (Å²) in [6.07, 6.45) is 13.7. The van der Waals surface area contributed by atoms with Gasteiger partial charge in [0.05, 0.1) is 0 Å². The predicted molar refractivity (Wildman–Crippen MR) is 122 cm³/mol. The molecule has 2 aromatic rings. The molecule has 1 N–H and O–H groups in total. The van der Waals surface area contributed by atoms with Crippen LogP contribution in [0.4, 0.5) is 0 Å². The molecule has 0 spiro atoms. The molecule has 0 radical (unpaired) electrons. The van der Waals surface area contributed by atoms with Crippen molar-refractivity contribution >= 4 is 10.1 Å². The number of hydrogen-bond acceptors (Lipinski definition) is 4. The molecule has 32 heavy (non-hydrogen) atoms. The van der Waals surface area contributed by atoms with Gasteiger partial charge >= 0.3 is 29.6 Å². The second kappa shape index (κ2) is 15.7. The van der Waals surface area contributed by atoms with Gasteiger partial charge in [-0.3, -0.25) is 4.55 Å². The van der Waals surface area contributed by atoms with Crippen LogP contribution >= 0.6 is 0 Å². The molecule has 5 nitrogen and oxygen atoms in total. The van der Waals surface area contributed by atoms with Gasteiger partial charge in [-0.2, -0.15) is 8.42 Å². The van der Waals surface area contributed by atoms with Gasteiger partial charge in [0.2, 0.25) is 0 Å². The fourth-order valence-corrected chi connectivity index (χ4v) is 4.52. The second-order valence-corrected chi connectivity index (χ2v) is 9.46. The summed E-state index contributed by atoms with van der Waals surface area (Å²) in [5, 5.41) is 11.6. The van der Waals surface area contributed by atoms with E-state index in [9.17, 15) is 18.1 Å². The summed E-state index contributed by atoms with van der Waals surface area (Å²) in [6, 6.07) is 10.6. The first kappa shape index (κ1) is 29.0. The summed E-state index contributed by atoms with van der Waals surface area (Å²) < 4.78 is 39.2. The van der Waals surface area contributed by atoms with Gasteiger partial charge in [-0.15, -0.1) is 5.75 Å². The van der Waals surface area contributed by atoms with Crippen LogP contribution in [0.2, 0.25) is 0 Å². The summed E-state index contributed by atoms with van der Waals surface area (Å²) >= 11 is 0. The molecule has 0 unspecified atom stereocenters. The van der Waals surface area contributed by atoms with Gasteiger partial charge in [-0.05, 0) is 37.1 Å². The van der Waals surface area contributed by atoms with Gasteiger partial charge in [-0.1, -0.05) is 89.3 Å². The number of ether oxygens (including phenoxy) is 1. The summed E-state index contributed by atoms with van der Waals surface area (Å²) in [5.41, 5.74) is 0.456. The number of unbranched alkanes of at least 4 members (excludes halogenated alkanes) is 10. The van der Waals surface area contributed by atoms with Crippen molar-refractivity contribution in [2.24, 2.45) is 0 Å². The first-order chi connectivity index (χ1) is 14.9. The monoisotopic (exact) mass is 470 g/mol. The fraction of sp³-hybridized carbons (Fsp3) is 0.520. The zero-order chi connectivity index (χ0) is 22.5. The Bertz CT molecular complexity index is 899. The Kier molecular flexibility index (Phi) is 14.2. The zero-order valence-corrected chi connectivity index (χ0v) is 22.3. The van der Waals surface area contributed by atoms with Crippen molar-refractivity contribution < 1.29 is 52.4 Å². The Balaban J connectivity index is 0.00000512. The van der Waals surface area contributed by atoms with Crippen molar-refractivity contribution in [1.82, 2.24) is 0 Å². The molecule has 0 fully saturated rings. The molecule has 0 aliphatic heterocycles. The van der Waals surface area contributed by atoms with Gasteiger partial charge in [0.1, 0.15) is 16.4 Å². The third-order valence-electron chi connectivity index (χ3n) is 5.43. The fourth-order valence-electron chi connectivity index (χ4n) is 3.76. The molecular formula is C25H35NaO5S. The summed E-state index contributed by atoms with van der Waals surface area (Å²) in [7, 11) is -4.36. The van der Waals surface area contributed by atoms with Gasteiger partial charge in [0, 0.05) is 5.56 Å². The van der Waals surface area contributed by atoms with Crippen molar-refractivity contribution in [3.05, 3.63) is 48.0 Å². The number of benzene rings is 2. The topological polar surface area (TPSA) is 86.7 Å².